The average Bonchev–Trinajstić information content (AvgIpc) is 3.24. The van der Waals surface area contributed by atoms with E-state index in [9.17, 15) is 5.11 Å². The maximum atomic E-state index is 10.3. The van der Waals surface area contributed by atoms with Crippen LogP contribution in [0, 0.1) is 6.92 Å². The number of aliphatic hydroxyl groups excluding tert-OH is 1. The van der Waals surface area contributed by atoms with E-state index in [1.807, 2.05) is 43.3 Å². The molecule has 0 saturated heterocycles. The molecule has 3 nitrogen and oxygen atoms in total. The quantitative estimate of drug-likeness (QED) is 0.913. The molecule has 3 rings (SSSR count). The molecule has 1 aromatic carbocycles. The van der Waals surface area contributed by atoms with Crippen LogP contribution >= 0.6 is 0 Å². The lowest BCUT2D eigenvalue weighted by Crippen LogP contribution is -2.02. The third kappa shape index (κ3) is 2.93. The fourth-order valence-electron chi connectivity index (χ4n) is 1.92. The largest absolute Gasteiger partial charge is 0.490 e. The fourth-order valence-corrected chi connectivity index (χ4v) is 1.92. The molecular weight excluding hydrogens is 238 g/mol. The summed E-state index contributed by atoms with van der Waals surface area (Å²) >= 11 is 0. The second-order valence-corrected chi connectivity index (χ2v) is 5.05. The van der Waals surface area contributed by atoms with E-state index in [-0.39, 0.29) is 0 Å². The highest BCUT2D eigenvalue weighted by atomic mass is 16.5. The van der Waals surface area contributed by atoms with E-state index in [0.29, 0.717) is 11.8 Å². The van der Waals surface area contributed by atoms with Crippen LogP contribution < -0.4 is 4.74 Å². The van der Waals surface area contributed by atoms with Crippen molar-refractivity contribution in [2.24, 2.45) is 0 Å². The molecule has 1 aromatic heterocycles. The molecule has 1 N–H and O–H groups in total. The normalized spacial score (nSPS) is 16.1. The Balaban J connectivity index is 1.75. The predicted molar refractivity (Wildman–Crippen MR) is 73.1 cm³/mol. The summed E-state index contributed by atoms with van der Waals surface area (Å²) in [6.07, 6.45) is 3.78. The summed E-state index contributed by atoms with van der Waals surface area (Å²) in [7, 11) is 0. The maximum absolute atomic E-state index is 10.3. The van der Waals surface area contributed by atoms with Gasteiger partial charge < -0.3 is 9.84 Å². The van der Waals surface area contributed by atoms with E-state index < -0.39 is 6.10 Å². The number of hydrogen-bond donors (Lipinski definition) is 1. The summed E-state index contributed by atoms with van der Waals surface area (Å²) in [6, 6.07) is 11.4. The van der Waals surface area contributed by atoms with Gasteiger partial charge in [0.2, 0.25) is 0 Å². The molecule has 2 aromatic rings. The van der Waals surface area contributed by atoms with Crippen molar-refractivity contribution >= 4 is 0 Å². The first kappa shape index (κ1) is 12.2. The number of benzene rings is 1. The van der Waals surface area contributed by atoms with Gasteiger partial charge in [-0.2, -0.15) is 0 Å². The molecule has 0 bridgehead atoms. The summed E-state index contributed by atoms with van der Waals surface area (Å²) in [4.78, 5) is 4.25. The van der Waals surface area contributed by atoms with Crippen LogP contribution in [-0.2, 0) is 0 Å². The van der Waals surface area contributed by atoms with Crippen molar-refractivity contribution < 1.29 is 9.84 Å². The predicted octanol–water partition coefficient (Wildman–Crippen LogP) is 3.01. The Kier molecular flexibility index (Phi) is 3.22. The number of nitrogens with zero attached hydrogens (tertiary/aromatic N) is 1. The summed E-state index contributed by atoms with van der Waals surface area (Å²) < 4.78 is 5.68. The first-order valence-corrected chi connectivity index (χ1v) is 6.59. The molecule has 0 amide bonds. The Morgan fingerprint density at radius 1 is 1.16 bits per heavy atom. The van der Waals surface area contributed by atoms with Gasteiger partial charge in [0.05, 0.1) is 11.8 Å². The van der Waals surface area contributed by atoms with Gasteiger partial charge in [0.15, 0.2) is 0 Å². The maximum Gasteiger partial charge on any atom is 0.121 e. The van der Waals surface area contributed by atoms with Crippen LogP contribution in [0.5, 0.6) is 5.75 Å². The third-order valence-corrected chi connectivity index (χ3v) is 3.24. The molecule has 1 aliphatic carbocycles. The van der Waals surface area contributed by atoms with Crippen molar-refractivity contribution in [2.45, 2.75) is 32.0 Å². The number of aryl methyl sites for hydroxylation is 1. The van der Waals surface area contributed by atoms with E-state index in [4.69, 9.17) is 4.74 Å². The van der Waals surface area contributed by atoms with Crippen LogP contribution in [0.1, 0.15) is 35.8 Å². The van der Waals surface area contributed by atoms with E-state index in [1.54, 1.807) is 6.20 Å². The minimum atomic E-state index is -0.685. The van der Waals surface area contributed by atoms with Gasteiger partial charge in [0, 0.05) is 6.20 Å². The van der Waals surface area contributed by atoms with E-state index >= 15 is 0 Å². The topological polar surface area (TPSA) is 42.4 Å². The summed E-state index contributed by atoms with van der Waals surface area (Å²) in [6.45, 7) is 1.98. The molecule has 1 aliphatic rings. The molecule has 1 fully saturated rings. The van der Waals surface area contributed by atoms with Gasteiger partial charge in [0.1, 0.15) is 11.9 Å². The number of hydrogen-bond acceptors (Lipinski definition) is 3. The first-order chi connectivity index (χ1) is 9.22. The highest BCUT2D eigenvalue weighted by Gasteiger charge is 2.23. The molecule has 1 atom stereocenters. The van der Waals surface area contributed by atoms with Crippen molar-refractivity contribution in [1.82, 2.24) is 4.98 Å². The highest BCUT2D eigenvalue weighted by molar-refractivity contribution is 5.32. The van der Waals surface area contributed by atoms with Crippen molar-refractivity contribution in [3.63, 3.8) is 0 Å². The molecule has 98 valence electrons. The van der Waals surface area contributed by atoms with Crippen LogP contribution in [-0.4, -0.2) is 16.2 Å². The second kappa shape index (κ2) is 5.02. The van der Waals surface area contributed by atoms with Gasteiger partial charge in [0.25, 0.3) is 0 Å². The number of ether oxygens (including phenoxy) is 1. The van der Waals surface area contributed by atoms with Crippen LogP contribution in [0.2, 0.25) is 0 Å². The zero-order chi connectivity index (χ0) is 13.2. The molecule has 0 spiro atoms. The lowest BCUT2D eigenvalue weighted by atomic mass is 10.1. The van der Waals surface area contributed by atoms with Gasteiger partial charge in [-0.25, -0.2) is 0 Å². The molecular formula is C16H17NO2. The summed E-state index contributed by atoms with van der Waals surface area (Å²) in [5.74, 6) is 0.871. The van der Waals surface area contributed by atoms with Gasteiger partial charge in [-0.3, -0.25) is 4.98 Å². The Hall–Kier alpha value is -1.87. The van der Waals surface area contributed by atoms with Crippen molar-refractivity contribution in [2.75, 3.05) is 0 Å². The van der Waals surface area contributed by atoms with Crippen molar-refractivity contribution in [1.29, 1.82) is 0 Å². The minimum absolute atomic E-state index is 0.398. The van der Waals surface area contributed by atoms with Crippen molar-refractivity contribution in [3.8, 4) is 5.75 Å². The first-order valence-electron chi connectivity index (χ1n) is 6.59. The van der Waals surface area contributed by atoms with E-state index in [0.717, 1.165) is 29.7 Å². The molecule has 19 heavy (non-hydrogen) atoms. The van der Waals surface area contributed by atoms with Crippen LogP contribution in [0.3, 0.4) is 0 Å². The Labute approximate surface area is 112 Å². The Morgan fingerprint density at radius 3 is 2.47 bits per heavy atom. The molecule has 1 saturated carbocycles. The fraction of sp³-hybridized carbons (Fsp3) is 0.312. The molecule has 1 heterocycles. The van der Waals surface area contributed by atoms with Gasteiger partial charge in [-0.05, 0) is 49.1 Å². The van der Waals surface area contributed by atoms with E-state index in [2.05, 4.69) is 4.98 Å². The number of aliphatic hydroxyl groups is 1. The molecule has 0 radical (unpaired) electrons. The Bertz CT molecular complexity index is 544. The highest BCUT2D eigenvalue weighted by Crippen LogP contribution is 2.28. The average molecular weight is 255 g/mol. The van der Waals surface area contributed by atoms with Crippen LogP contribution in [0.25, 0.3) is 0 Å². The minimum Gasteiger partial charge on any atom is -0.490 e. The lowest BCUT2D eigenvalue weighted by molar-refractivity contribution is 0.215. The summed E-state index contributed by atoms with van der Waals surface area (Å²) in [5.41, 5.74) is 2.59. The second-order valence-electron chi connectivity index (χ2n) is 5.05. The zero-order valence-electron chi connectivity index (χ0n) is 10.9. The third-order valence-electron chi connectivity index (χ3n) is 3.24. The Morgan fingerprint density at radius 2 is 1.89 bits per heavy atom. The van der Waals surface area contributed by atoms with Gasteiger partial charge in [-0.1, -0.05) is 18.2 Å². The molecule has 3 heteroatoms. The standard InChI is InChI=1S/C16H17NO2/c1-11-2-9-15(17-10-11)16(18)12-3-5-13(6-4-12)19-14-7-8-14/h2-6,9-10,14,16,18H,7-8H2,1H3. The van der Waals surface area contributed by atoms with Crippen LogP contribution in [0.4, 0.5) is 0 Å². The van der Waals surface area contributed by atoms with E-state index in [1.165, 1.54) is 0 Å². The number of aromatic nitrogens is 1. The monoisotopic (exact) mass is 255 g/mol. The zero-order valence-corrected chi connectivity index (χ0v) is 10.9. The number of pyridine rings is 1. The smallest absolute Gasteiger partial charge is 0.121 e. The molecule has 0 aliphatic heterocycles. The lowest BCUT2D eigenvalue weighted by Gasteiger charge is -2.11. The molecule has 1 unspecified atom stereocenters. The van der Waals surface area contributed by atoms with Gasteiger partial charge in [-0.15, -0.1) is 0 Å². The van der Waals surface area contributed by atoms with Crippen LogP contribution in [0.15, 0.2) is 42.6 Å². The SMILES string of the molecule is Cc1ccc(C(O)c2ccc(OC3CC3)cc2)nc1. The van der Waals surface area contributed by atoms with Gasteiger partial charge >= 0.3 is 0 Å². The summed E-state index contributed by atoms with van der Waals surface area (Å²) in [5, 5.41) is 10.3. The van der Waals surface area contributed by atoms with Crippen molar-refractivity contribution in [3.05, 3.63) is 59.4 Å². The number of rotatable bonds is 4.